The van der Waals surface area contributed by atoms with Crippen LogP contribution >= 0.6 is 0 Å². The normalized spacial score (nSPS) is 16.0. The van der Waals surface area contributed by atoms with Crippen molar-refractivity contribution in [3.63, 3.8) is 0 Å². The molecule has 2 aromatic carbocycles. The van der Waals surface area contributed by atoms with Gasteiger partial charge in [0.1, 0.15) is 30.8 Å². The maximum absolute atomic E-state index is 10.3. The Bertz CT molecular complexity index is 810. The molecular formula is C21H29Cl2N3NiO11. The molecule has 38 heavy (non-hydrogen) atoms. The summed E-state index contributed by atoms with van der Waals surface area (Å²) in [4.78, 5) is 0. The predicted molar refractivity (Wildman–Crippen MR) is 106 cm³/mol. The molecular weight excluding hydrogens is 600 g/mol. The van der Waals surface area contributed by atoms with Gasteiger partial charge in [-0.1, -0.05) is 36.4 Å². The molecule has 1 heterocycles. The molecule has 3 rings (SSSR count). The third-order valence-corrected chi connectivity index (χ3v) is 4.40. The van der Waals surface area contributed by atoms with Crippen molar-refractivity contribution in [3.05, 3.63) is 59.7 Å². The Hall–Kier alpha value is -1.37. The number of hydrogen-bond acceptors (Lipinski definition) is 14. The molecule has 2 aromatic rings. The fraction of sp³-hybridized carbons (Fsp3) is 0.429. The number of fused-ring (bicyclic) bond motifs is 2. The van der Waals surface area contributed by atoms with Gasteiger partial charge in [-0.2, -0.15) is 0 Å². The van der Waals surface area contributed by atoms with Gasteiger partial charge < -0.3 is 30.5 Å². The zero-order valence-electron chi connectivity index (χ0n) is 20.0. The zero-order valence-corrected chi connectivity index (χ0v) is 22.5. The van der Waals surface area contributed by atoms with E-state index in [4.69, 9.17) is 46.7 Å². The van der Waals surface area contributed by atoms with Crippen LogP contribution in [-0.2, 0) is 29.6 Å². The van der Waals surface area contributed by atoms with Gasteiger partial charge in [-0.05, 0) is 12.1 Å². The third-order valence-electron chi connectivity index (χ3n) is 4.40. The molecule has 218 valence electrons. The van der Waals surface area contributed by atoms with Crippen LogP contribution in [0.25, 0.3) is 0 Å². The third kappa shape index (κ3) is 21.6. The van der Waals surface area contributed by atoms with Crippen molar-refractivity contribution in [2.45, 2.75) is 19.2 Å². The summed E-state index contributed by atoms with van der Waals surface area (Å²) < 4.78 is 79.6. The second-order valence-corrected chi connectivity index (χ2v) is 8.86. The van der Waals surface area contributed by atoms with Crippen molar-refractivity contribution in [2.24, 2.45) is 0 Å². The van der Waals surface area contributed by atoms with Crippen molar-refractivity contribution < 1.29 is 88.8 Å². The van der Waals surface area contributed by atoms with Crippen LogP contribution in [0, 0.1) is 20.5 Å². The van der Waals surface area contributed by atoms with E-state index in [9.17, 15) is 5.11 Å². The molecule has 4 N–H and O–H groups in total. The van der Waals surface area contributed by atoms with E-state index < -0.39 is 26.6 Å². The molecule has 0 atom stereocenters. The first kappa shape index (κ1) is 36.6. The summed E-state index contributed by atoms with van der Waals surface area (Å²) in [6.07, 6.45) is -0.699. The Morgan fingerprint density at radius 3 is 1.29 bits per heavy atom. The number of aliphatic hydroxyl groups excluding tert-OH is 1. The van der Waals surface area contributed by atoms with Gasteiger partial charge >= 0.3 is 16.5 Å². The van der Waals surface area contributed by atoms with Crippen molar-refractivity contribution in [1.82, 2.24) is 16.0 Å². The first-order chi connectivity index (χ1) is 17.3. The number of hydrogen-bond donors (Lipinski definition) is 4. The van der Waals surface area contributed by atoms with Gasteiger partial charge in [-0.3, -0.25) is 0 Å². The summed E-state index contributed by atoms with van der Waals surface area (Å²) in [7, 11) is -9.89. The van der Waals surface area contributed by atoms with E-state index in [1.165, 1.54) is 0 Å². The summed E-state index contributed by atoms with van der Waals surface area (Å²) in [6.45, 7) is 5.43. The Labute approximate surface area is 234 Å². The fourth-order valence-electron chi connectivity index (χ4n) is 2.93. The standard InChI is InChI=1S/C21H29N3O3.2ClHO4.Ni/c25-19-15-26-20-7-3-1-5-17(20)13-23-11-9-22-10-12-24-14-18-6-2-4-8-21(18)27-16-19;2*2-1(3,4)5;/h1-8,19,22-25H,9-16H2;2*(H,2,3,4,5);/q;;;+2/p-2. The van der Waals surface area contributed by atoms with Gasteiger partial charge in [0.15, 0.2) is 0 Å². The van der Waals surface area contributed by atoms with Crippen molar-refractivity contribution in [1.29, 1.82) is 0 Å². The van der Waals surface area contributed by atoms with Gasteiger partial charge in [-0.25, -0.2) is 37.3 Å². The Morgan fingerprint density at radius 1 is 0.605 bits per heavy atom. The molecule has 0 unspecified atom stereocenters. The molecule has 0 radical (unpaired) electrons. The molecule has 0 spiro atoms. The number of rotatable bonds is 0. The van der Waals surface area contributed by atoms with Crippen LogP contribution in [-0.4, -0.2) is 50.6 Å². The van der Waals surface area contributed by atoms with E-state index in [1.807, 2.05) is 48.5 Å². The van der Waals surface area contributed by atoms with E-state index in [0.717, 1.165) is 61.9 Å². The Morgan fingerprint density at radius 2 is 0.921 bits per heavy atom. The van der Waals surface area contributed by atoms with Crippen LogP contribution in [0.5, 0.6) is 11.5 Å². The summed E-state index contributed by atoms with van der Waals surface area (Å²) in [6, 6.07) is 15.8. The van der Waals surface area contributed by atoms with Gasteiger partial charge in [0, 0.05) is 50.4 Å². The monoisotopic (exact) mass is 627 g/mol. The first-order valence-electron chi connectivity index (χ1n) is 10.8. The molecule has 1 aliphatic rings. The van der Waals surface area contributed by atoms with Crippen molar-refractivity contribution in [2.75, 3.05) is 39.4 Å². The Kier molecular flexibility index (Phi) is 18.9. The number of para-hydroxylation sites is 2. The summed E-state index contributed by atoms with van der Waals surface area (Å²) in [5.74, 6) is 1.59. The van der Waals surface area contributed by atoms with Crippen LogP contribution in [0.4, 0.5) is 0 Å². The van der Waals surface area contributed by atoms with Gasteiger partial charge in [0.05, 0.1) is 0 Å². The summed E-state index contributed by atoms with van der Waals surface area (Å²) in [5.41, 5.74) is 2.16. The van der Waals surface area contributed by atoms with Crippen LogP contribution in [0.2, 0.25) is 0 Å². The number of aliphatic hydroxyl groups is 1. The van der Waals surface area contributed by atoms with Crippen molar-refractivity contribution >= 4 is 0 Å². The van der Waals surface area contributed by atoms with E-state index in [0.29, 0.717) is 0 Å². The molecule has 0 amide bonds. The molecule has 1 aliphatic heterocycles. The minimum absolute atomic E-state index is 0. The molecule has 17 heteroatoms. The van der Waals surface area contributed by atoms with Crippen LogP contribution in [0.3, 0.4) is 0 Å². The van der Waals surface area contributed by atoms with Crippen LogP contribution in [0.15, 0.2) is 48.5 Å². The zero-order chi connectivity index (χ0) is 27.7. The Balaban J connectivity index is 0.00000107. The van der Waals surface area contributed by atoms with E-state index >= 15 is 0 Å². The average Bonchev–Trinajstić information content (AvgIpc) is 2.79. The molecule has 0 aliphatic carbocycles. The number of halogens is 2. The van der Waals surface area contributed by atoms with Gasteiger partial charge in [-0.15, -0.1) is 20.5 Å². The summed E-state index contributed by atoms with van der Waals surface area (Å²) in [5, 5.41) is 20.5. The molecule has 0 aromatic heterocycles. The first-order valence-corrected chi connectivity index (χ1v) is 13.2. The van der Waals surface area contributed by atoms with Crippen LogP contribution in [0.1, 0.15) is 11.1 Å². The van der Waals surface area contributed by atoms with E-state index in [-0.39, 0.29) is 29.7 Å². The van der Waals surface area contributed by atoms with E-state index in [2.05, 4.69) is 16.0 Å². The minimum Gasteiger partial charge on any atom is -0.490 e. The van der Waals surface area contributed by atoms with Crippen molar-refractivity contribution in [3.8, 4) is 11.5 Å². The van der Waals surface area contributed by atoms with E-state index in [1.54, 1.807) is 0 Å². The second-order valence-electron chi connectivity index (χ2n) is 7.35. The fourth-order valence-corrected chi connectivity index (χ4v) is 2.93. The smallest absolute Gasteiger partial charge is 0.490 e. The molecule has 0 fully saturated rings. The number of ether oxygens (including phenoxy) is 2. The van der Waals surface area contributed by atoms with Gasteiger partial charge in [0.2, 0.25) is 0 Å². The molecule has 0 saturated heterocycles. The summed E-state index contributed by atoms with van der Waals surface area (Å²) >= 11 is 0. The van der Waals surface area contributed by atoms with Gasteiger partial charge in [0.25, 0.3) is 0 Å². The second kappa shape index (κ2) is 19.7. The predicted octanol–water partition coefficient (Wildman–Crippen LogP) is -8.23. The van der Waals surface area contributed by atoms with Crippen LogP contribution < -0.4 is 62.7 Å². The topological polar surface area (TPSA) is 259 Å². The molecule has 0 bridgehead atoms. The quantitative estimate of drug-likeness (QED) is 0.198. The largest absolute Gasteiger partial charge is 2.00 e. The molecule has 0 saturated carbocycles. The minimum atomic E-state index is -4.94. The SMILES string of the molecule is OC1COc2ccccc2CNCCNCCNCc2ccccc2OC1.[Ni+2].[O-][Cl+3]([O-])([O-])[O-].[O-][Cl+3]([O-])([O-])[O-]. The maximum atomic E-state index is 10.3. The number of nitrogens with one attached hydrogen (secondary N) is 3. The average molecular weight is 629 g/mol. The molecule has 14 nitrogen and oxygen atoms in total. The number of benzene rings is 2. The maximum Gasteiger partial charge on any atom is 2.00 e.